The molecule has 0 saturated carbocycles. The summed E-state index contributed by atoms with van der Waals surface area (Å²) < 4.78 is 24.4. The third-order valence-corrected chi connectivity index (χ3v) is 5.07. The zero-order valence-corrected chi connectivity index (χ0v) is 15.5. The summed E-state index contributed by atoms with van der Waals surface area (Å²) in [6.45, 7) is 1.93. The van der Waals surface area contributed by atoms with Crippen LogP contribution in [0, 0.1) is 12.7 Å². The molecule has 0 unspecified atom stereocenters. The highest BCUT2D eigenvalue weighted by Gasteiger charge is 2.14. The van der Waals surface area contributed by atoms with Crippen LogP contribution < -0.4 is 9.47 Å². The molecule has 0 spiro atoms. The van der Waals surface area contributed by atoms with Crippen molar-refractivity contribution < 1.29 is 18.7 Å². The average Bonchev–Trinajstić information content (AvgIpc) is 2.65. The fourth-order valence-electron chi connectivity index (χ4n) is 2.63. The molecular formula is C20H18FNO3S. The molecule has 1 heterocycles. The molecule has 0 N–H and O–H groups in total. The topological polar surface area (TPSA) is 48.4 Å². The highest BCUT2D eigenvalue weighted by molar-refractivity contribution is 8.00. The molecule has 6 heteroatoms. The minimum absolute atomic E-state index is 0.102. The van der Waals surface area contributed by atoms with Crippen LogP contribution in [0.25, 0.3) is 10.9 Å². The Balaban J connectivity index is 1.87. The first-order chi connectivity index (χ1) is 12.5. The first kappa shape index (κ1) is 18.2. The van der Waals surface area contributed by atoms with E-state index in [-0.39, 0.29) is 17.1 Å². The van der Waals surface area contributed by atoms with Gasteiger partial charge in [0.05, 0.1) is 31.1 Å². The molecule has 134 valence electrons. The zero-order chi connectivity index (χ0) is 18.7. The molecule has 0 aliphatic rings. The summed E-state index contributed by atoms with van der Waals surface area (Å²) in [7, 11) is 3.16. The van der Waals surface area contributed by atoms with Crippen LogP contribution in [0.5, 0.6) is 11.5 Å². The van der Waals surface area contributed by atoms with E-state index < -0.39 is 5.82 Å². The standard InChI is InChI=1S/C20H18FNO3S/c1-12-8-13-9-18(24-2)19(25-3)10-16(13)22-20(12)26-11-17(23)14-6-4-5-7-15(14)21/h4-10H,11H2,1-3H3. The van der Waals surface area contributed by atoms with Gasteiger partial charge < -0.3 is 9.47 Å². The number of pyridine rings is 1. The van der Waals surface area contributed by atoms with Gasteiger partial charge in [0.1, 0.15) is 10.8 Å². The van der Waals surface area contributed by atoms with Crippen LogP contribution in [-0.2, 0) is 0 Å². The highest BCUT2D eigenvalue weighted by Crippen LogP contribution is 2.33. The monoisotopic (exact) mass is 371 g/mol. The molecule has 0 saturated heterocycles. The van der Waals surface area contributed by atoms with Crippen molar-refractivity contribution in [3.05, 3.63) is 59.4 Å². The molecule has 0 bridgehead atoms. The van der Waals surface area contributed by atoms with Crippen LogP contribution >= 0.6 is 11.8 Å². The van der Waals surface area contributed by atoms with Crippen molar-refractivity contribution >= 4 is 28.4 Å². The Bertz CT molecular complexity index is 975. The van der Waals surface area contributed by atoms with Crippen molar-refractivity contribution in [1.82, 2.24) is 4.98 Å². The lowest BCUT2D eigenvalue weighted by Crippen LogP contribution is -2.05. The van der Waals surface area contributed by atoms with Gasteiger partial charge in [-0.1, -0.05) is 23.9 Å². The number of ether oxygens (including phenoxy) is 2. The smallest absolute Gasteiger partial charge is 0.176 e. The Kier molecular flexibility index (Phi) is 5.42. The molecule has 0 fully saturated rings. The van der Waals surface area contributed by atoms with Crippen molar-refractivity contribution in [3.63, 3.8) is 0 Å². The fraction of sp³-hybridized carbons (Fsp3) is 0.200. The number of rotatable bonds is 6. The summed E-state index contributed by atoms with van der Waals surface area (Å²) in [5.41, 5.74) is 1.79. The van der Waals surface area contributed by atoms with E-state index in [2.05, 4.69) is 4.98 Å². The van der Waals surface area contributed by atoms with E-state index >= 15 is 0 Å². The Labute approximate surface area is 155 Å². The third-order valence-electron chi connectivity index (χ3n) is 3.98. The van der Waals surface area contributed by atoms with E-state index in [1.165, 1.54) is 23.9 Å². The Morgan fingerprint density at radius 3 is 2.50 bits per heavy atom. The van der Waals surface area contributed by atoms with E-state index in [0.29, 0.717) is 11.5 Å². The van der Waals surface area contributed by atoms with Gasteiger partial charge in [0.15, 0.2) is 17.3 Å². The molecule has 3 aromatic rings. The maximum Gasteiger partial charge on any atom is 0.176 e. The van der Waals surface area contributed by atoms with Crippen LogP contribution in [-0.4, -0.2) is 30.7 Å². The minimum atomic E-state index is -0.502. The second-order valence-corrected chi connectivity index (χ2v) is 6.67. The number of fused-ring (bicyclic) bond motifs is 1. The predicted octanol–water partition coefficient (Wildman–Crippen LogP) is 4.67. The maximum atomic E-state index is 13.7. The molecule has 0 radical (unpaired) electrons. The first-order valence-corrected chi connectivity index (χ1v) is 8.96. The van der Waals surface area contributed by atoms with Gasteiger partial charge in [-0.15, -0.1) is 0 Å². The van der Waals surface area contributed by atoms with Gasteiger partial charge >= 0.3 is 0 Å². The van der Waals surface area contributed by atoms with Crippen molar-refractivity contribution in [1.29, 1.82) is 0 Å². The van der Waals surface area contributed by atoms with Crippen LogP contribution in [0.4, 0.5) is 4.39 Å². The van der Waals surface area contributed by atoms with E-state index in [9.17, 15) is 9.18 Å². The normalized spacial score (nSPS) is 10.8. The first-order valence-electron chi connectivity index (χ1n) is 7.97. The number of Topliss-reactive ketones (excluding diaryl/α,β-unsaturated/α-hetero) is 1. The van der Waals surface area contributed by atoms with Gasteiger partial charge in [-0.25, -0.2) is 9.37 Å². The van der Waals surface area contributed by atoms with E-state index in [4.69, 9.17) is 9.47 Å². The van der Waals surface area contributed by atoms with Crippen LogP contribution in [0.1, 0.15) is 15.9 Å². The van der Waals surface area contributed by atoms with Crippen LogP contribution in [0.3, 0.4) is 0 Å². The Morgan fingerprint density at radius 2 is 1.81 bits per heavy atom. The fourth-order valence-corrected chi connectivity index (χ4v) is 3.51. The van der Waals surface area contributed by atoms with Crippen LogP contribution in [0.15, 0.2) is 47.5 Å². The van der Waals surface area contributed by atoms with Gasteiger partial charge in [0, 0.05) is 11.5 Å². The molecule has 3 rings (SSSR count). The number of nitrogens with zero attached hydrogens (tertiary/aromatic N) is 1. The second-order valence-electron chi connectivity index (χ2n) is 5.70. The summed E-state index contributed by atoms with van der Waals surface area (Å²) in [5, 5.41) is 1.65. The van der Waals surface area contributed by atoms with Gasteiger partial charge in [0.25, 0.3) is 0 Å². The number of thioether (sulfide) groups is 1. The number of carbonyl (C=O) groups is 1. The quantitative estimate of drug-likeness (QED) is 0.465. The molecule has 0 atom stereocenters. The third kappa shape index (κ3) is 3.65. The van der Waals surface area contributed by atoms with Crippen molar-refractivity contribution in [2.45, 2.75) is 11.9 Å². The SMILES string of the molecule is COc1cc2cc(C)c(SCC(=O)c3ccccc3F)nc2cc1OC. The molecule has 0 amide bonds. The van der Waals surface area contributed by atoms with Crippen molar-refractivity contribution in [2.75, 3.05) is 20.0 Å². The lowest BCUT2D eigenvalue weighted by Gasteiger charge is -2.11. The summed E-state index contributed by atoms with van der Waals surface area (Å²) in [5.74, 6) is 0.582. The zero-order valence-electron chi connectivity index (χ0n) is 14.7. The predicted molar refractivity (Wildman–Crippen MR) is 101 cm³/mol. The van der Waals surface area contributed by atoms with Crippen molar-refractivity contribution in [3.8, 4) is 11.5 Å². The number of halogens is 1. The number of hydrogen-bond donors (Lipinski definition) is 0. The number of ketones is 1. The molecular weight excluding hydrogens is 353 g/mol. The van der Waals surface area contributed by atoms with Gasteiger partial charge in [0.2, 0.25) is 0 Å². The highest BCUT2D eigenvalue weighted by atomic mass is 32.2. The lowest BCUT2D eigenvalue weighted by molar-refractivity contribution is 0.101. The molecule has 0 aliphatic heterocycles. The maximum absolute atomic E-state index is 13.7. The number of aryl methyl sites for hydroxylation is 1. The Hall–Kier alpha value is -2.60. The number of hydrogen-bond acceptors (Lipinski definition) is 5. The molecule has 26 heavy (non-hydrogen) atoms. The Morgan fingerprint density at radius 1 is 1.12 bits per heavy atom. The van der Waals surface area contributed by atoms with E-state index in [0.717, 1.165) is 21.5 Å². The number of carbonyl (C=O) groups excluding carboxylic acids is 1. The summed E-state index contributed by atoms with van der Waals surface area (Å²) in [4.78, 5) is 16.9. The summed E-state index contributed by atoms with van der Waals surface area (Å²) in [6.07, 6.45) is 0. The number of aromatic nitrogens is 1. The van der Waals surface area contributed by atoms with Gasteiger partial charge in [-0.2, -0.15) is 0 Å². The number of benzene rings is 2. The minimum Gasteiger partial charge on any atom is -0.493 e. The molecule has 1 aromatic heterocycles. The average molecular weight is 371 g/mol. The lowest BCUT2D eigenvalue weighted by atomic mass is 10.1. The number of methoxy groups -OCH3 is 2. The summed E-state index contributed by atoms with van der Waals surface area (Å²) >= 11 is 1.30. The molecule has 2 aromatic carbocycles. The second kappa shape index (κ2) is 7.74. The largest absolute Gasteiger partial charge is 0.493 e. The molecule has 0 aliphatic carbocycles. The van der Waals surface area contributed by atoms with Crippen molar-refractivity contribution in [2.24, 2.45) is 0 Å². The molecule has 4 nitrogen and oxygen atoms in total. The van der Waals surface area contributed by atoms with Crippen LogP contribution in [0.2, 0.25) is 0 Å². The summed E-state index contributed by atoms with van der Waals surface area (Å²) in [6, 6.07) is 11.7. The van der Waals surface area contributed by atoms with Gasteiger partial charge in [-0.05, 0) is 36.8 Å². The van der Waals surface area contributed by atoms with E-state index in [1.54, 1.807) is 32.4 Å². The van der Waals surface area contributed by atoms with E-state index in [1.807, 2.05) is 19.1 Å². The van der Waals surface area contributed by atoms with Gasteiger partial charge in [-0.3, -0.25) is 4.79 Å².